The zero-order valence-electron chi connectivity index (χ0n) is 12.2. The van der Waals surface area contributed by atoms with E-state index in [1.54, 1.807) is 0 Å². The van der Waals surface area contributed by atoms with Crippen molar-refractivity contribution in [3.63, 3.8) is 0 Å². The number of hydrogen-bond acceptors (Lipinski definition) is 5. The maximum Gasteiger partial charge on any atom is 0.427 e. The number of aromatic nitrogens is 1. The number of piperidine rings is 1. The van der Waals surface area contributed by atoms with Crippen molar-refractivity contribution in [1.82, 2.24) is 9.88 Å². The summed E-state index contributed by atoms with van der Waals surface area (Å²) in [6.07, 6.45) is -0.382. The molecule has 0 radical (unpaired) electrons. The maximum atomic E-state index is 12.6. The Balaban J connectivity index is 1.44. The van der Waals surface area contributed by atoms with Crippen molar-refractivity contribution < 1.29 is 17.9 Å². The average Bonchev–Trinajstić information content (AvgIpc) is 3.12. The first kappa shape index (κ1) is 16.0. The number of alkyl halides is 3. The first-order chi connectivity index (χ1) is 10.5. The van der Waals surface area contributed by atoms with Crippen LogP contribution in [0.2, 0.25) is 0 Å². The van der Waals surface area contributed by atoms with Gasteiger partial charge in [-0.25, -0.2) is 4.98 Å². The fourth-order valence-electron chi connectivity index (χ4n) is 3.00. The summed E-state index contributed by atoms with van der Waals surface area (Å²) in [7, 11) is 0. The van der Waals surface area contributed by atoms with E-state index in [9.17, 15) is 13.2 Å². The molecule has 0 aromatic carbocycles. The number of halogens is 3. The van der Waals surface area contributed by atoms with Crippen LogP contribution in [0.3, 0.4) is 0 Å². The third-order valence-corrected chi connectivity index (χ3v) is 5.21. The second-order valence-electron chi connectivity index (χ2n) is 5.98. The molecule has 1 aromatic heterocycles. The number of rotatable bonds is 4. The van der Waals surface area contributed by atoms with Crippen molar-refractivity contribution in [3.8, 4) is 0 Å². The molecular formula is C14H20F3N3OS. The number of nitrogens with zero attached hydrogens (tertiary/aromatic N) is 2. The van der Waals surface area contributed by atoms with Gasteiger partial charge < -0.3 is 15.0 Å². The summed E-state index contributed by atoms with van der Waals surface area (Å²) in [6.45, 7) is 4.76. The molecule has 0 amide bonds. The lowest BCUT2D eigenvalue weighted by Gasteiger charge is -2.33. The standard InChI is InChI=1S/C14H20F3N3OS/c15-14(16,17)12-7-18-13(22-12)19-11-1-4-20(5-2-11)8-10-3-6-21-9-10/h7,10-11H,1-6,8-9H2,(H,18,19). The van der Waals surface area contributed by atoms with Gasteiger partial charge in [0.05, 0.1) is 12.8 Å². The lowest BCUT2D eigenvalue weighted by Crippen LogP contribution is -2.41. The Labute approximate surface area is 131 Å². The Kier molecular flexibility index (Phi) is 4.89. The first-order valence-electron chi connectivity index (χ1n) is 7.60. The zero-order valence-corrected chi connectivity index (χ0v) is 13.1. The molecule has 3 heterocycles. The zero-order chi connectivity index (χ0) is 15.6. The minimum Gasteiger partial charge on any atom is -0.381 e. The lowest BCUT2D eigenvalue weighted by molar-refractivity contribution is -0.134. The molecule has 2 aliphatic heterocycles. The van der Waals surface area contributed by atoms with Gasteiger partial charge in [0, 0.05) is 32.3 Å². The van der Waals surface area contributed by atoms with Crippen molar-refractivity contribution >= 4 is 16.5 Å². The van der Waals surface area contributed by atoms with Crippen LogP contribution in [0.15, 0.2) is 6.20 Å². The van der Waals surface area contributed by atoms with E-state index in [4.69, 9.17) is 4.74 Å². The van der Waals surface area contributed by atoms with Crippen LogP contribution < -0.4 is 5.32 Å². The number of nitrogens with one attached hydrogen (secondary N) is 1. The maximum absolute atomic E-state index is 12.6. The largest absolute Gasteiger partial charge is 0.427 e. The summed E-state index contributed by atoms with van der Waals surface area (Å²) in [5.74, 6) is 0.637. The SMILES string of the molecule is FC(F)(F)c1cnc(NC2CCN(CC3CCOC3)CC2)s1. The molecule has 8 heteroatoms. The van der Waals surface area contributed by atoms with E-state index >= 15 is 0 Å². The highest BCUT2D eigenvalue weighted by Gasteiger charge is 2.33. The smallest absolute Gasteiger partial charge is 0.381 e. The number of hydrogen-bond donors (Lipinski definition) is 1. The summed E-state index contributed by atoms with van der Waals surface area (Å²) < 4.78 is 43.0. The van der Waals surface area contributed by atoms with Gasteiger partial charge in [0.15, 0.2) is 5.13 Å². The second kappa shape index (κ2) is 6.72. The van der Waals surface area contributed by atoms with E-state index in [0.29, 0.717) is 22.4 Å². The predicted molar refractivity (Wildman–Crippen MR) is 79.1 cm³/mol. The molecule has 2 fully saturated rings. The molecule has 1 N–H and O–H groups in total. The summed E-state index contributed by atoms with van der Waals surface area (Å²) in [4.78, 5) is 5.62. The lowest BCUT2D eigenvalue weighted by atomic mass is 10.0. The van der Waals surface area contributed by atoms with Crippen LogP contribution in [-0.2, 0) is 10.9 Å². The third kappa shape index (κ3) is 4.11. The monoisotopic (exact) mass is 335 g/mol. The molecule has 4 nitrogen and oxygen atoms in total. The van der Waals surface area contributed by atoms with Crippen LogP contribution >= 0.6 is 11.3 Å². The highest BCUT2D eigenvalue weighted by molar-refractivity contribution is 7.15. The summed E-state index contributed by atoms with van der Waals surface area (Å²) in [5.41, 5.74) is 0. The summed E-state index contributed by atoms with van der Waals surface area (Å²) in [6, 6.07) is 0.211. The third-order valence-electron chi connectivity index (χ3n) is 4.24. The fourth-order valence-corrected chi connectivity index (χ4v) is 3.76. The Morgan fingerprint density at radius 2 is 2.09 bits per heavy atom. The van der Waals surface area contributed by atoms with Crippen molar-refractivity contribution in [3.05, 3.63) is 11.1 Å². The van der Waals surface area contributed by atoms with Gasteiger partial charge in [-0.15, -0.1) is 0 Å². The molecule has 0 aliphatic carbocycles. The molecule has 22 heavy (non-hydrogen) atoms. The number of anilines is 1. The van der Waals surface area contributed by atoms with E-state index in [1.807, 2.05) is 0 Å². The van der Waals surface area contributed by atoms with Crippen LogP contribution in [0.25, 0.3) is 0 Å². The van der Waals surface area contributed by atoms with Gasteiger partial charge in [-0.2, -0.15) is 13.2 Å². The van der Waals surface area contributed by atoms with E-state index < -0.39 is 11.1 Å². The molecule has 0 bridgehead atoms. The van der Waals surface area contributed by atoms with E-state index in [2.05, 4.69) is 15.2 Å². The van der Waals surface area contributed by atoms with Crippen molar-refractivity contribution in [1.29, 1.82) is 0 Å². The predicted octanol–water partition coefficient (Wildman–Crippen LogP) is 3.07. The molecular weight excluding hydrogens is 315 g/mol. The van der Waals surface area contributed by atoms with Crippen molar-refractivity contribution in [2.75, 3.05) is 38.2 Å². The molecule has 0 spiro atoms. The fraction of sp³-hybridized carbons (Fsp3) is 0.786. The van der Waals surface area contributed by atoms with Crippen molar-refractivity contribution in [2.24, 2.45) is 5.92 Å². The van der Waals surface area contributed by atoms with Gasteiger partial charge >= 0.3 is 6.18 Å². The van der Waals surface area contributed by atoms with Gasteiger partial charge in [-0.05, 0) is 25.2 Å². The van der Waals surface area contributed by atoms with Gasteiger partial charge in [-0.1, -0.05) is 11.3 Å². The van der Waals surface area contributed by atoms with Gasteiger partial charge in [0.2, 0.25) is 0 Å². The van der Waals surface area contributed by atoms with Crippen LogP contribution in [0.1, 0.15) is 24.1 Å². The minimum absolute atomic E-state index is 0.211. The minimum atomic E-state index is -4.30. The summed E-state index contributed by atoms with van der Waals surface area (Å²) >= 11 is 0.683. The first-order valence-corrected chi connectivity index (χ1v) is 8.42. The van der Waals surface area contributed by atoms with Crippen LogP contribution in [0, 0.1) is 5.92 Å². The van der Waals surface area contributed by atoms with E-state index in [-0.39, 0.29) is 6.04 Å². The molecule has 1 aromatic rings. The van der Waals surface area contributed by atoms with Crippen LogP contribution in [-0.4, -0.2) is 48.8 Å². The van der Waals surface area contributed by atoms with E-state index in [1.165, 1.54) is 0 Å². The Morgan fingerprint density at radius 3 is 2.68 bits per heavy atom. The Bertz CT molecular complexity index is 480. The molecule has 2 saturated heterocycles. The highest BCUT2D eigenvalue weighted by atomic mass is 32.1. The van der Waals surface area contributed by atoms with Gasteiger partial charge in [-0.3, -0.25) is 0 Å². The Morgan fingerprint density at radius 1 is 1.32 bits per heavy atom. The van der Waals surface area contributed by atoms with Gasteiger partial charge in [0.25, 0.3) is 0 Å². The Hall–Kier alpha value is -0.860. The van der Waals surface area contributed by atoms with Crippen molar-refractivity contribution in [2.45, 2.75) is 31.5 Å². The molecule has 0 saturated carbocycles. The summed E-state index contributed by atoms with van der Waals surface area (Å²) in [5, 5.41) is 3.51. The topological polar surface area (TPSA) is 37.4 Å². The van der Waals surface area contributed by atoms with E-state index in [0.717, 1.165) is 58.3 Å². The normalized spacial score (nSPS) is 24.8. The average molecular weight is 335 g/mol. The second-order valence-corrected chi connectivity index (χ2v) is 7.01. The molecule has 1 atom stereocenters. The highest BCUT2D eigenvalue weighted by Crippen LogP contribution is 2.35. The number of thiazole rings is 1. The van der Waals surface area contributed by atoms with Crippen LogP contribution in [0.4, 0.5) is 18.3 Å². The number of ether oxygens (including phenoxy) is 1. The van der Waals surface area contributed by atoms with Gasteiger partial charge in [0.1, 0.15) is 4.88 Å². The molecule has 1 unspecified atom stereocenters. The van der Waals surface area contributed by atoms with Crippen LogP contribution in [0.5, 0.6) is 0 Å². The number of likely N-dealkylation sites (tertiary alicyclic amines) is 1. The quantitative estimate of drug-likeness (QED) is 0.918. The molecule has 124 valence electrons. The molecule has 2 aliphatic rings. The molecule has 3 rings (SSSR count).